The molecule has 0 spiro atoms. The van der Waals surface area contributed by atoms with Crippen molar-refractivity contribution in [3.05, 3.63) is 59.4 Å². The number of sulfonamides is 1. The average Bonchev–Trinajstić information content (AvgIpc) is 3.32. The molecule has 2 aromatic heterocycles. The third-order valence-electron chi connectivity index (χ3n) is 6.49. The number of hydrogen-bond donors (Lipinski definition) is 2. The fourth-order valence-corrected chi connectivity index (χ4v) is 7.77. The number of fused-ring (bicyclic) bond motifs is 2. The molecule has 1 saturated heterocycles. The van der Waals surface area contributed by atoms with E-state index in [0.717, 1.165) is 32.4 Å². The predicted octanol–water partition coefficient (Wildman–Crippen LogP) is 2.72. The normalized spacial score (nSPS) is 17.1. The van der Waals surface area contributed by atoms with Gasteiger partial charge in [0, 0.05) is 48.4 Å². The number of thiophene rings is 1. The summed E-state index contributed by atoms with van der Waals surface area (Å²) in [5, 5.41) is 5.35. The SMILES string of the molecule is COCCNCC1CN(S(=O)(=O)c2cc3ccc(Cl)cc3s2)CC(=O)N1Cc1ccc2c(N)ncnc2c1. The Morgan fingerprint density at radius 3 is 2.87 bits per heavy atom. The zero-order chi connectivity index (χ0) is 26.9. The van der Waals surface area contributed by atoms with E-state index >= 15 is 0 Å². The molecule has 1 unspecified atom stereocenters. The van der Waals surface area contributed by atoms with Gasteiger partial charge in [-0.25, -0.2) is 18.4 Å². The lowest BCUT2D eigenvalue weighted by Crippen LogP contribution is -2.60. The quantitative estimate of drug-likeness (QED) is 0.292. The molecule has 3 heterocycles. The first-order valence-corrected chi connectivity index (χ1v) is 14.6. The van der Waals surface area contributed by atoms with Crippen LogP contribution in [0.3, 0.4) is 0 Å². The third-order valence-corrected chi connectivity index (χ3v) is 10.1. The van der Waals surface area contributed by atoms with Gasteiger partial charge < -0.3 is 20.7 Å². The second-order valence-electron chi connectivity index (χ2n) is 9.03. The molecular formula is C25H27ClN6O4S2. The Morgan fingerprint density at radius 2 is 2.05 bits per heavy atom. The maximum Gasteiger partial charge on any atom is 0.253 e. The zero-order valence-electron chi connectivity index (χ0n) is 20.6. The van der Waals surface area contributed by atoms with Crippen molar-refractivity contribution in [2.45, 2.75) is 16.8 Å². The van der Waals surface area contributed by atoms with Crippen LogP contribution in [0, 0.1) is 0 Å². The molecule has 0 aliphatic carbocycles. The molecule has 3 N–H and O–H groups in total. The average molecular weight is 575 g/mol. The zero-order valence-corrected chi connectivity index (χ0v) is 23.0. The lowest BCUT2D eigenvalue weighted by atomic mass is 10.1. The molecule has 1 atom stereocenters. The first-order chi connectivity index (χ1) is 18.3. The minimum absolute atomic E-state index is 0.158. The lowest BCUT2D eigenvalue weighted by Gasteiger charge is -2.40. The molecular weight excluding hydrogens is 548 g/mol. The summed E-state index contributed by atoms with van der Waals surface area (Å²) in [4.78, 5) is 23.5. The number of nitrogens with zero attached hydrogens (tertiary/aromatic N) is 4. The van der Waals surface area contributed by atoms with Gasteiger partial charge in [-0.1, -0.05) is 23.7 Å². The van der Waals surface area contributed by atoms with Gasteiger partial charge in [0.15, 0.2) is 0 Å². The number of amides is 1. The highest BCUT2D eigenvalue weighted by molar-refractivity contribution is 7.91. The van der Waals surface area contributed by atoms with Crippen molar-refractivity contribution in [1.29, 1.82) is 0 Å². The van der Waals surface area contributed by atoms with Crippen LogP contribution in [-0.2, 0) is 26.1 Å². The van der Waals surface area contributed by atoms with E-state index < -0.39 is 16.1 Å². The van der Waals surface area contributed by atoms with E-state index in [0.29, 0.717) is 42.6 Å². The van der Waals surface area contributed by atoms with Crippen LogP contribution in [0.1, 0.15) is 5.56 Å². The molecule has 5 rings (SSSR count). The Morgan fingerprint density at radius 1 is 1.21 bits per heavy atom. The number of carbonyl (C=O) groups is 1. The molecule has 1 amide bonds. The number of anilines is 1. The van der Waals surface area contributed by atoms with Crippen LogP contribution in [0.2, 0.25) is 5.02 Å². The van der Waals surface area contributed by atoms with Gasteiger partial charge >= 0.3 is 0 Å². The summed E-state index contributed by atoms with van der Waals surface area (Å²) in [5.74, 6) is 0.116. The summed E-state index contributed by atoms with van der Waals surface area (Å²) >= 11 is 7.24. The number of ether oxygens (including phenoxy) is 1. The number of nitrogens with one attached hydrogen (secondary N) is 1. The number of hydrogen-bond acceptors (Lipinski definition) is 9. The second kappa shape index (κ2) is 11.1. The molecule has 0 bridgehead atoms. The fraction of sp³-hybridized carbons (Fsp3) is 0.320. The molecule has 10 nitrogen and oxygen atoms in total. The highest BCUT2D eigenvalue weighted by atomic mass is 35.5. The Bertz CT molecular complexity index is 1600. The first-order valence-electron chi connectivity index (χ1n) is 11.9. The van der Waals surface area contributed by atoms with Gasteiger partial charge in [-0.2, -0.15) is 4.31 Å². The van der Waals surface area contributed by atoms with Crippen molar-refractivity contribution in [2.24, 2.45) is 0 Å². The number of carbonyl (C=O) groups excluding carboxylic acids is 1. The monoisotopic (exact) mass is 574 g/mol. The third kappa shape index (κ3) is 5.46. The summed E-state index contributed by atoms with van der Waals surface area (Å²) in [6, 6.07) is 12.1. The molecule has 2 aromatic carbocycles. The molecule has 1 aliphatic rings. The van der Waals surface area contributed by atoms with Crippen LogP contribution >= 0.6 is 22.9 Å². The van der Waals surface area contributed by atoms with Crippen LogP contribution in [0.5, 0.6) is 0 Å². The van der Waals surface area contributed by atoms with Gasteiger partial charge in [-0.15, -0.1) is 11.3 Å². The minimum Gasteiger partial charge on any atom is -0.383 e. The highest BCUT2D eigenvalue weighted by Gasteiger charge is 2.39. The Labute approximate surface area is 229 Å². The van der Waals surface area contributed by atoms with Crippen molar-refractivity contribution in [3.8, 4) is 0 Å². The Balaban J connectivity index is 1.40. The number of nitrogens with two attached hydrogens (primary N) is 1. The maximum absolute atomic E-state index is 13.6. The van der Waals surface area contributed by atoms with E-state index in [4.69, 9.17) is 22.1 Å². The fourth-order valence-electron chi connectivity index (χ4n) is 4.52. The van der Waals surface area contributed by atoms with E-state index in [1.54, 1.807) is 36.3 Å². The van der Waals surface area contributed by atoms with Crippen molar-refractivity contribution in [3.63, 3.8) is 0 Å². The number of methoxy groups -OCH3 is 1. The van der Waals surface area contributed by atoms with Gasteiger partial charge in [0.25, 0.3) is 10.0 Å². The molecule has 0 radical (unpaired) electrons. The lowest BCUT2D eigenvalue weighted by molar-refractivity contribution is -0.138. The summed E-state index contributed by atoms with van der Waals surface area (Å²) < 4.78 is 34.6. The van der Waals surface area contributed by atoms with E-state index in [9.17, 15) is 13.2 Å². The van der Waals surface area contributed by atoms with Crippen molar-refractivity contribution in [2.75, 3.05) is 45.6 Å². The molecule has 1 fully saturated rings. The summed E-state index contributed by atoms with van der Waals surface area (Å²) in [6.07, 6.45) is 1.40. The Kier molecular flexibility index (Phi) is 7.80. The number of halogens is 1. The number of benzene rings is 2. The number of rotatable bonds is 9. The van der Waals surface area contributed by atoms with Crippen LogP contribution in [0.25, 0.3) is 21.0 Å². The van der Waals surface area contributed by atoms with Gasteiger partial charge in [0.05, 0.1) is 24.7 Å². The van der Waals surface area contributed by atoms with Crippen LogP contribution < -0.4 is 11.1 Å². The summed E-state index contributed by atoms with van der Waals surface area (Å²) in [6.45, 7) is 1.71. The molecule has 200 valence electrons. The van der Waals surface area contributed by atoms with Crippen molar-refractivity contribution in [1.82, 2.24) is 24.5 Å². The smallest absolute Gasteiger partial charge is 0.253 e. The van der Waals surface area contributed by atoms with E-state index in [2.05, 4.69) is 15.3 Å². The summed E-state index contributed by atoms with van der Waals surface area (Å²) in [7, 11) is -2.28. The molecule has 0 saturated carbocycles. The summed E-state index contributed by atoms with van der Waals surface area (Å²) in [5.41, 5.74) is 7.50. The standard InChI is InChI=1S/C25H27ClN6O4S2/c1-36-7-6-28-11-19-13-31(38(34,35)24-9-17-3-4-18(26)10-22(17)37-24)14-23(33)32(19)12-16-2-5-20-21(8-16)29-15-30-25(20)27/h2-5,8-10,15,19,28H,6-7,11-14H2,1H3,(H2,27,29,30). The van der Waals surface area contributed by atoms with E-state index in [-0.39, 0.29) is 23.2 Å². The van der Waals surface area contributed by atoms with Crippen LogP contribution in [0.15, 0.2) is 53.0 Å². The van der Waals surface area contributed by atoms with Gasteiger partial charge in [-0.05, 0) is 41.3 Å². The van der Waals surface area contributed by atoms with Crippen molar-refractivity contribution >= 4 is 65.7 Å². The van der Waals surface area contributed by atoms with Gasteiger partial charge in [-0.3, -0.25) is 4.79 Å². The van der Waals surface area contributed by atoms with Crippen LogP contribution in [-0.4, -0.2) is 79.4 Å². The second-order valence-corrected chi connectivity index (χ2v) is 12.7. The highest BCUT2D eigenvalue weighted by Crippen LogP contribution is 2.33. The van der Waals surface area contributed by atoms with E-state index in [1.807, 2.05) is 18.2 Å². The predicted molar refractivity (Wildman–Crippen MR) is 149 cm³/mol. The molecule has 38 heavy (non-hydrogen) atoms. The van der Waals surface area contributed by atoms with Crippen molar-refractivity contribution < 1.29 is 17.9 Å². The number of aromatic nitrogens is 2. The van der Waals surface area contributed by atoms with Gasteiger partial charge in [0.2, 0.25) is 5.91 Å². The molecule has 1 aliphatic heterocycles. The van der Waals surface area contributed by atoms with E-state index in [1.165, 1.54) is 10.6 Å². The minimum atomic E-state index is -3.89. The maximum atomic E-state index is 13.6. The largest absolute Gasteiger partial charge is 0.383 e. The first kappa shape index (κ1) is 26.7. The van der Waals surface area contributed by atoms with Crippen LogP contribution in [0.4, 0.5) is 5.82 Å². The Hall–Kier alpha value is -2.87. The molecule has 4 aromatic rings. The van der Waals surface area contributed by atoms with Gasteiger partial charge in [0.1, 0.15) is 16.4 Å². The number of nitrogen functional groups attached to an aromatic ring is 1. The number of piperazine rings is 1. The molecule has 13 heteroatoms. The topological polar surface area (TPSA) is 131 Å².